The summed E-state index contributed by atoms with van der Waals surface area (Å²) in [6.45, 7) is 12.5. The Hall–Kier alpha value is -2.51. The van der Waals surface area contributed by atoms with E-state index in [9.17, 15) is 0 Å². The van der Waals surface area contributed by atoms with Gasteiger partial charge in [0.25, 0.3) is 0 Å². The molecule has 0 nitrogen and oxygen atoms in total. The van der Waals surface area contributed by atoms with Crippen LogP contribution in [-0.4, -0.2) is 0 Å². The smallest absolute Gasteiger partial charge is 0.00228 e. The van der Waals surface area contributed by atoms with Crippen LogP contribution in [0.15, 0.2) is 129 Å². The molecular weight excluding hydrogens is 380 g/mol. The molecule has 0 aliphatic carbocycles. The molecule has 0 aliphatic rings. The molecule has 0 fully saturated rings. The molecular formula is C29H38S. The Labute approximate surface area is 186 Å². The second-order valence-corrected chi connectivity index (χ2v) is 9.56. The Morgan fingerprint density at radius 2 is 0.933 bits per heavy atom. The molecule has 0 atom stereocenters. The van der Waals surface area contributed by atoms with Crippen molar-refractivity contribution in [2.75, 3.05) is 0 Å². The van der Waals surface area contributed by atoms with Crippen LogP contribution in [0.25, 0.3) is 0 Å². The second-order valence-electron chi connectivity index (χ2n) is 6.45. The first-order chi connectivity index (χ1) is 14.7. The Morgan fingerprint density at radius 3 is 1.17 bits per heavy atom. The number of benzene rings is 3. The normalized spacial score (nSPS) is 11.7. The van der Waals surface area contributed by atoms with Crippen molar-refractivity contribution in [1.82, 2.24) is 0 Å². The zero-order chi connectivity index (χ0) is 22.2. The van der Waals surface area contributed by atoms with Crippen molar-refractivity contribution in [2.24, 2.45) is 0 Å². The number of allylic oxidation sites excluding steroid dienone is 3. The predicted octanol–water partition coefficient (Wildman–Crippen LogP) is 9.89. The van der Waals surface area contributed by atoms with Crippen molar-refractivity contribution >= 4 is 10.0 Å². The van der Waals surface area contributed by atoms with Gasteiger partial charge in [0.1, 0.15) is 0 Å². The van der Waals surface area contributed by atoms with Crippen molar-refractivity contribution in [3.8, 4) is 0 Å². The summed E-state index contributed by atoms with van der Waals surface area (Å²) in [5.74, 6) is 0. The standard InChI is InChI=1S/C24H24S.C3H8.C2H6/c1-3-14-21(4-2)25(22-15-8-5-9-16-22,23-17-10-6-11-18-23)24-19-12-7-13-20-24;1-3-2;1-2/h3-20H,1-2H3;3H2,1-2H3;1-2H3/b14-3-,21-4+;;. The van der Waals surface area contributed by atoms with E-state index in [1.165, 1.54) is 26.0 Å². The van der Waals surface area contributed by atoms with E-state index < -0.39 is 10.0 Å². The average molecular weight is 419 g/mol. The molecule has 0 saturated carbocycles. The van der Waals surface area contributed by atoms with Crippen molar-refractivity contribution in [1.29, 1.82) is 0 Å². The molecule has 0 radical (unpaired) electrons. The molecule has 0 spiro atoms. The van der Waals surface area contributed by atoms with Gasteiger partial charge < -0.3 is 0 Å². The van der Waals surface area contributed by atoms with Gasteiger partial charge in [-0.05, 0) is 55.2 Å². The summed E-state index contributed by atoms with van der Waals surface area (Å²) in [6.07, 6.45) is 7.93. The van der Waals surface area contributed by atoms with Crippen molar-refractivity contribution in [3.63, 3.8) is 0 Å². The van der Waals surface area contributed by atoms with Gasteiger partial charge in [0, 0.05) is 14.7 Å². The molecule has 3 rings (SSSR count). The van der Waals surface area contributed by atoms with Crippen LogP contribution in [0.4, 0.5) is 0 Å². The zero-order valence-electron chi connectivity index (χ0n) is 19.5. The van der Waals surface area contributed by atoms with Crippen LogP contribution in [-0.2, 0) is 0 Å². The van der Waals surface area contributed by atoms with E-state index in [-0.39, 0.29) is 0 Å². The topological polar surface area (TPSA) is 0 Å². The first-order valence-electron chi connectivity index (χ1n) is 11.0. The minimum atomic E-state index is -1.51. The first-order valence-corrected chi connectivity index (χ1v) is 12.7. The van der Waals surface area contributed by atoms with E-state index >= 15 is 0 Å². The number of rotatable bonds is 5. The predicted molar refractivity (Wildman–Crippen MR) is 138 cm³/mol. The third-order valence-corrected chi connectivity index (χ3v) is 8.28. The molecule has 1 heteroatoms. The Balaban J connectivity index is 0.000000826. The summed E-state index contributed by atoms with van der Waals surface area (Å²) in [5.41, 5.74) is 0. The lowest BCUT2D eigenvalue weighted by molar-refractivity contribution is 1.09. The van der Waals surface area contributed by atoms with Crippen molar-refractivity contribution < 1.29 is 0 Å². The van der Waals surface area contributed by atoms with Gasteiger partial charge in [-0.2, -0.15) is 0 Å². The lowest BCUT2D eigenvalue weighted by atomic mass is 10.3. The highest BCUT2D eigenvalue weighted by atomic mass is 32.3. The molecule has 0 saturated heterocycles. The highest BCUT2D eigenvalue weighted by Crippen LogP contribution is 2.73. The summed E-state index contributed by atoms with van der Waals surface area (Å²) < 4.78 is 0. The molecule has 0 N–H and O–H groups in total. The lowest BCUT2D eigenvalue weighted by Gasteiger charge is -2.42. The Kier molecular flexibility index (Phi) is 12.3. The quantitative estimate of drug-likeness (QED) is 0.362. The van der Waals surface area contributed by atoms with Crippen LogP contribution in [0.2, 0.25) is 0 Å². The highest BCUT2D eigenvalue weighted by Gasteiger charge is 2.33. The summed E-state index contributed by atoms with van der Waals surface area (Å²) in [5, 5.41) is 0. The third kappa shape index (κ3) is 6.00. The van der Waals surface area contributed by atoms with Crippen molar-refractivity contribution in [3.05, 3.63) is 114 Å². The van der Waals surface area contributed by atoms with E-state index in [4.69, 9.17) is 0 Å². The SMILES string of the molecule is C/C=C\C(=C/C)S(c1ccccc1)(c1ccccc1)c1ccccc1.CC.CCC. The number of hydrogen-bond acceptors (Lipinski definition) is 0. The van der Waals surface area contributed by atoms with Gasteiger partial charge >= 0.3 is 0 Å². The molecule has 0 heterocycles. The summed E-state index contributed by atoms with van der Waals surface area (Å²) >= 11 is 0. The maximum Gasteiger partial charge on any atom is 0.00228 e. The fraction of sp³-hybridized carbons (Fsp3) is 0.241. The first kappa shape index (κ1) is 25.5. The summed E-state index contributed by atoms with van der Waals surface area (Å²) in [6, 6.07) is 32.7. The molecule has 0 aliphatic heterocycles. The molecule has 0 bridgehead atoms. The van der Waals surface area contributed by atoms with Crippen LogP contribution in [0.5, 0.6) is 0 Å². The Morgan fingerprint density at radius 1 is 0.633 bits per heavy atom. The lowest BCUT2D eigenvalue weighted by Crippen LogP contribution is -2.05. The van der Waals surface area contributed by atoms with E-state index in [1.54, 1.807) is 0 Å². The second kappa shape index (κ2) is 14.5. The zero-order valence-corrected chi connectivity index (χ0v) is 20.3. The molecule has 0 unspecified atom stereocenters. The summed E-state index contributed by atoms with van der Waals surface area (Å²) in [7, 11) is -1.51. The van der Waals surface area contributed by atoms with E-state index in [2.05, 4.69) is 137 Å². The van der Waals surface area contributed by atoms with Crippen LogP contribution in [0.3, 0.4) is 0 Å². The average Bonchev–Trinajstić information content (AvgIpc) is 2.83. The summed E-state index contributed by atoms with van der Waals surface area (Å²) in [4.78, 5) is 5.44. The van der Waals surface area contributed by atoms with E-state index in [0.717, 1.165) is 0 Å². The van der Waals surface area contributed by atoms with Gasteiger partial charge in [-0.1, -0.05) is 107 Å². The van der Waals surface area contributed by atoms with Gasteiger partial charge in [0.2, 0.25) is 0 Å². The van der Waals surface area contributed by atoms with Gasteiger partial charge in [-0.15, -0.1) is 10.0 Å². The van der Waals surface area contributed by atoms with E-state index in [0.29, 0.717) is 0 Å². The van der Waals surface area contributed by atoms with Gasteiger partial charge in [0.05, 0.1) is 0 Å². The van der Waals surface area contributed by atoms with Gasteiger partial charge in [0.15, 0.2) is 0 Å². The maximum atomic E-state index is 2.27. The fourth-order valence-electron chi connectivity index (χ4n) is 3.23. The minimum absolute atomic E-state index is 1.25. The van der Waals surface area contributed by atoms with Gasteiger partial charge in [-0.3, -0.25) is 0 Å². The Bertz CT molecular complexity index is 765. The van der Waals surface area contributed by atoms with Crippen LogP contribution in [0.1, 0.15) is 48.0 Å². The minimum Gasteiger partial charge on any atom is -0.133 e. The highest BCUT2D eigenvalue weighted by molar-refractivity contribution is 8.37. The molecule has 0 aromatic heterocycles. The van der Waals surface area contributed by atoms with Crippen molar-refractivity contribution in [2.45, 2.75) is 62.6 Å². The van der Waals surface area contributed by atoms with E-state index in [1.807, 2.05) is 13.8 Å². The molecule has 30 heavy (non-hydrogen) atoms. The van der Waals surface area contributed by atoms with Crippen LogP contribution >= 0.6 is 10.0 Å². The molecule has 160 valence electrons. The molecule has 0 amide bonds. The maximum absolute atomic E-state index is 2.27. The monoisotopic (exact) mass is 418 g/mol. The van der Waals surface area contributed by atoms with Crippen LogP contribution in [0, 0.1) is 0 Å². The molecule has 3 aromatic rings. The third-order valence-electron chi connectivity index (χ3n) is 4.26. The molecule has 3 aromatic carbocycles. The fourth-order valence-corrected chi connectivity index (χ4v) is 7.25. The van der Waals surface area contributed by atoms with Gasteiger partial charge in [-0.25, -0.2) is 0 Å². The number of hydrogen-bond donors (Lipinski definition) is 0. The van der Waals surface area contributed by atoms with Crippen LogP contribution < -0.4 is 0 Å². The largest absolute Gasteiger partial charge is 0.133 e.